The first-order valence-corrected chi connectivity index (χ1v) is 5.64. The monoisotopic (exact) mass is 229 g/mol. The van der Waals surface area contributed by atoms with E-state index in [-0.39, 0.29) is 17.9 Å². The molecule has 0 heterocycles. The maximum Gasteiger partial charge on any atom is 0.306 e. The van der Waals surface area contributed by atoms with Gasteiger partial charge in [0.2, 0.25) is 5.91 Å². The predicted octanol–water partition coefficient (Wildman–Crippen LogP) is 0.781. The van der Waals surface area contributed by atoms with Crippen molar-refractivity contribution in [2.45, 2.75) is 44.8 Å². The number of ether oxygens (including phenoxy) is 1. The fourth-order valence-electron chi connectivity index (χ4n) is 2.09. The first kappa shape index (κ1) is 13.0. The molecule has 0 radical (unpaired) electrons. The van der Waals surface area contributed by atoms with Crippen LogP contribution in [0, 0.1) is 5.92 Å². The lowest BCUT2D eigenvalue weighted by Crippen LogP contribution is -2.41. The van der Waals surface area contributed by atoms with E-state index in [2.05, 4.69) is 5.32 Å². The van der Waals surface area contributed by atoms with Gasteiger partial charge in [0.25, 0.3) is 0 Å². The molecule has 5 heteroatoms. The van der Waals surface area contributed by atoms with Gasteiger partial charge in [0.15, 0.2) is 0 Å². The Morgan fingerprint density at radius 1 is 1.50 bits per heavy atom. The summed E-state index contributed by atoms with van der Waals surface area (Å²) >= 11 is 0. The van der Waals surface area contributed by atoms with Gasteiger partial charge in [-0.3, -0.25) is 9.59 Å². The molecule has 1 fully saturated rings. The van der Waals surface area contributed by atoms with Gasteiger partial charge in [0.1, 0.15) is 6.10 Å². The SMILES string of the molecule is CCC(OC)C(=O)N[C@H]1CC[C@@H](C(=O)O)C1. The molecule has 2 N–H and O–H groups in total. The number of hydrogen-bond donors (Lipinski definition) is 2. The van der Waals surface area contributed by atoms with Crippen LogP contribution in [0.15, 0.2) is 0 Å². The summed E-state index contributed by atoms with van der Waals surface area (Å²) in [4.78, 5) is 22.4. The van der Waals surface area contributed by atoms with Crippen molar-refractivity contribution in [1.82, 2.24) is 5.32 Å². The zero-order valence-electron chi connectivity index (χ0n) is 9.73. The Morgan fingerprint density at radius 3 is 2.62 bits per heavy atom. The summed E-state index contributed by atoms with van der Waals surface area (Å²) in [6, 6.07) is -0.0159. The van der Waals surface area contributed by atoms with Crippen LogP contribution in [0.5, 0.6) is 0 Å². The lowest BCUT2D eigenvalue weighted by atomic mass is 10.1. The molecular formula is C11H19NO4. The molecule has 0 aromatic rings. The fraction of sp³-hybridized carbons (Fsp3) is 0.818. The van der Waals surface area contributed by atoms with Gasteiger partial charge in [-0.05, 0) is 25.7 Å². The summed E-state index contributed by atoms with van der Waals surface area (Å²) in [5, 5.41) is 11.7. The molecule has 3 atom stereocenters. The van der Waals surface area contributed by atoms with Crippen molar-refractivity contribution >= 4 is 11.9 Å². The smallest absolute Gasteiger partial charge is 0.306 e. The highest BCUT2D eigenvalue weighted by atomic mass is 16.5. The Kier molecular flexibility index (Phi) is 4.73. The van der Waals surface area contributed by atoms with Gasteiger partial charge in [0.05, 0.1) is 5.92 Å². The Labute approximate surface area is 95.2 Å². The Balaban J connectivity index is 2.39. The van der Waals surface area contributed by atoms with E-state index in [1.54, 1.807) is 0 Å². The van der Waals surface area contributed by atoms with Crippen LogP contribution in [-0.2, 0) is 14.3 Å². The summed E-state index contributed by atoms with van der Waals surface area (Å²) in [7, 11) is 1.50. The summed E-state index contributed by atoms with van der Waals surface area (Å²) in [5.74, 6) is -1.22. The van der Waals surface area contributed by atoms with Crippen molar-refractivity contribution in [3.05, 3.63) is 0 Å². The Morgan fingerprint density at radius 2 is 2.19 bits per heavy atom. The summed E-state index contributed by atoms with van der Waals surface area (Å²) < 4.78 is 5.02. The minimum atomic E-state index is -0.768. The number of methoxy groups -OCH3 is 1. The number of carboxylic acids is 1. The molecule has 0 aliphatic heterocycles. The lowest BCUT2D eigenvalue weighted by molar-refractivity contribution is -0.141. The Bertz CT molecular complexity index is 263. The van der Waals surface area contributed by atoms with Gasteiger partial charge < -0.3 is 15.2 Å². The molecule has 0 saturated heterocycles. The normalized spacial score (nSPS) is 26.4. The van der Waals surface area contributed by atoms with E-state index >= 15 is 0 Å². The van der Waals surface area contributed by atoms with Crippen LogP contribution in [0.1, 0.15) is 32.6 Å². The van der Waals surface area contributed by atoms with E-state index in [1.165, 1.54) is 7.11 Å². The molecule has 1 aliphatic rings. The fourth-order valence-corrected chi connectivity index (χ4v) is 2.09. The number of rotatable bonds is 5. The van der Waals surface area contributed by atoms with E-state index in [4.69, 9.17) is 9.84 Å². The standard InChI is InChI=1S/C11H19NO4/c1-3-9(16-2)10(13)12-8-5-4-7(6-8)11(14)15/h7-9H,3-6H2,1-2H3,(H,12,13)(H,14,15)/t7-,8+,9?/m1/s1. The van der Waals surface area contributed by atoms with Crippen LogP contribution in [0.25, 0.3) is 0 Å². The third kappa shape index (κ3) is 3.20. The topological polar surface area (TPSA) is 75.6 Å². The molecule has 1 saturated carbocycles. The molecule has 1 rings (SSSR count). The first-order chi connectivity index (χ1) is 7.58. The third-order valence-corrected chi connectivity index (χ3v) is 3.08. The van der Waals surface area contributed by atoms with Gasteiger partial charge in [0, 0.05) is 13.2 Å². The molecular weight excluding hydrogens is 210 g/mol. The largest absolute Gasteiger partial charge is 0.481 e. The number of hydrogen-bond acceptors (Lipinski definition) is 3. The predicted molar refractivity (Wildman–Crippen MR) is 58.0 cm³/mol. The highest BCUT2D eigenvalue weighted by Crippen LogP contribution is 2.25. The average Bonchev–Trinajstić information content (AvgIpc) is 2.68. The van der Waals surface area contributed by atoms with E-state index in [0.717, 1.165) is 6.42 Å². The minimum Gasteiger partial charge on any atom is -0.481 e. The summed E-state index contributed by atoms with van der Waals surface area (Å²) in [6.45, 7) is 1.88. The van der Waals surface area contributed by atoms with Crippen LogP contribution >= 0.6 is 0 Å². The van der Waals surface area contributed by atoms with Gasteiger partial charge in [-0.1, -0.05) is 6.92 Å². The zero-order valence-corrected chi connectivity index (χ0v) is 9.73. The summed E-state index contributed by atoms with van der Waals surface area (Å²) in [5.41, 5.74) is 0. The number of aliphatic carboxylic acids is 1. The molecule has 0 aromatic heterocycles. The summed E-state index contributed by atoms with van der Waals surface area (Å²) in [6.07, 6.45) is 2.11. The lowest BCUT2D eigenvalue weighted by Gasteiger charge is -2.17. The molecule has 1 amide bonds. The van der Waals surface area contributed by atoms with E-state index in [9.17, 15) is 9.59 Å². The van der Waals surface area contributed by atoms with E-state index < -0.39 is 12.1 Å². The second kappa shape index (κ2) is 5.84. The molecule has 0 aromatic carbocycles. The molecule has 0 spiro atoms. The number of nitrogens with one attached hydrogen (secondary N) is 1. The highest BCUT2D eigenvalue weighted by molar-refractivity contribution is 5.81. The van der Waals surface area contributed by atoms with Crippen LogP contribution in [0.2, 0.25) is 0 Å². The van der Waals surface area contributed by atoms with Gasteiger partial charge in [-0.15, -0.1) is 0 Å². The van der Waals surface area contributed by atoms with Crippen molar-refractivity contribution in [3.63, 3.8) is 0 Å². The second-order valence-electron chi connectivity index (χ2n) is 4.19. The highest BCUT2D eigenvalue weighted by Gasteiger charge is 2.31. The minimum absolute atomic E-state index is 0.0159. The first-order valence-electron chi connectivity index (χ1n) is 5.64. The number of carbonyl (C=O) groups excluding carboxylic acids is 1. The second-order valence-corrected chi connectivity index (χ2v) is 4.19. The average molecular weight is 229 g/mol. The van der Waals surface area contributed by atoms with E-state index in [1.807, 2.05) is 6.92 Å². The maximum absolute atomic E-state index is 11.7. The van der Waals surface area contributed by atoms with Crippen LogP contribution in [0.3, 0.4) is 0 Å². The molecule has 92 valence electrons. The zero-order chi connectivity index (χ0) is 12.1. The molecule has 1 aliphatic carbocycles. The molecule has 5 nitrogen and oxygen atoms in total. The van der Waals surface area contributed by atoms with Crippen molar-refractivity contribution in [1.29, 1.82) is 0 Å². The number of amides is 1. The molecule has 16 heavy (non-hydrogen) atoms. The van der Waals surface area contributed by atoms with Crippen molar-refractivity contribution in [2.24, 2.45) is 5.92 Å². The number of carbonyl (C=O) groups is 2. The quantitative estimate of drug-likeness (QED) is 0.730. The van der Waals surface area contributed by atoms with E-state index in [0.29, 0.717) is 19.3 Å². The maximum atomic E-state index is 11.7. The Hall–Kier alpha value is -1.10. The number of carboxylic acid groups (broad SMARTS) is 1. The van der Waals surface area contributed by atoms with Gasteiger partial charge in [-0.25, -0.2) is 0 Å². The van der Waals surface area contributed by atoms with Crippen LogP contribution < -0.4 is 5.32 Å². The van der Waals surface area contributed by atoms with Crippen molar-refractivity contribution in [3.8, 4) is 0 Å². The van der Waals surface area contributed by atoms with Crippen molar-refractivity contribution in [2.75, 3.05) is 7.11 Å². The van der Waals surface area contributed by atoms with Gasteiger partial charge >= 0.3 is 5.97 Å². The van der Waals surface area contributed by atoms with Crippen LogP contribution in [-0.4, -0.2) is 36.2 Å². The molecule has 0 bridgehead atoms. The van der Waals surface area contributed by atoms with Crippen molar-refractivity contribution < 1.29 is 19.4 Å². The third-order valence-electron chi connectivity index (χ3n) is 3.08. The van der Waals surface area contributed by atoms with Crippen LogP contribution in [0.4, 0.5) is 0 Å². The van der Waals surface area contributed by atoms with Gasteiger partial charge in [-0.2, -0.15) is 0 Å². The molecule has 1 unspecified atom stereocenters.